The van der Waals surface area contributed by atoms with Gasteiger partial charge in [0.15, 0.2) is 0 Å². The minimum Gasteiger partial charge on any atom is -0.493 e. The molecule has 2 nitrogen and oxygen atoms in total. The van der Waals surface area contributed by atoms with Crippen molar-refractivity contribution in [3.05, 3.63) is 64.7 Å². The molecular formula is C20H20O2. The van der Waals surface area contributed by atoms with Crippen molar-refractivity contribution in [3.63, 3.8) is 0 Å². The van der Waals surface area contributed by atoms with Gasteiger partial charge in [-0.1, -0.05) is 37.8 Å². The molecule has 22 heavy (non-hydrogen) atoms. The molecule has 0 spiro atoms. The lowest BCUT2D eigenvalue weighted by Crippen LogP contribution is -2.26. The van der Waals surface area contributed by atoms with E-state index in [1.807, 2.05) is 36.4 Å². The predicted octanol–water partition coefficient (Wildman–Crippen LogP) is 3.64. The first-order valence-electron chi connectivity index (χ1n) is 7.58. The molecule has 1 aliphatic heterocycles. The number of benzene rings is 2. The molecule has 2 aromatic rings. The van der Waals surface area contributed by atoms with Gasteiger partial charge in [0, 0.05) is 16.7 Å². The van der Waals surface area contributed by atoms with Crippen LogP contribution >= 0.6 is 0 Å². The van der Waals surface area contributed by atoms with Crippen molar-refractivity contribution in [3.8, 4) is 17.6 Å². The lowest BCUT2D eigenvalue weighted by Gasteiger charge is -2.32. The molecule has 2 aromatic carbocycles. The Balaban J connectivity index is 1.89. The molecule has 0 amide bonds. The van der Waals surface area contributed by atoms with Gasteiger partial charge in [0.05, 0.1) is 13.2 Å². The molecule has 0 fully saturated rings. The van der Waals surface area contributed by atoms with Crippen molar-refractivity contribution in [1.29, 1.82) is 0 Å². The number of hydrogen-bond donors (Lipinski definition) is 1. The Kier molecular flexibility index (Phi) is 3.92. The third-order valence-corrected chi connectivity index (χ3v) is 4.18. The number of aliphatic hydroxyl groups is 1. The Labute approximate surface area is 131 Å². The van der Waals surface area contributed by atoms with Crippen LogP contribution in [0.1, 0.15) is 42.5 Å². The second-order valence-electron chi connectivity index (χ2n) is 6.30. The van der Waals surface area contributed by atoms with Crippen molar-refractivity contribution in [2.45, 2.75) is 32.3 Å². The van der Waals surface area contributed by atoms with Gasteiger partial charge in [-0.3, -0.25) is 0 Å². The SMILES string of the molecule is CC1(C)CCOc2ccc(C#Cc3ccc(CO)cc3)cc21. The molecular weight excluding hydrogens is 272 g/mol. The third-order valence-electron chi connectivity index (χ3n) is 4.18. The van der Waals surface area contributed by atoms with Gasteiger partial charge in [0.25, 0.3) is 0 Å². The topological polar surface area (TPSA) is 29.5 Å². The summed E-state index contributed by atoms with van der Waals surface area (Å²) in [6.45, 7) is 5.34. The summed E-state index contributed by atoms with van der Waals surface area (Å²) in [5.41, 5.74) is 4.22. The predicted molar refractivity (Wildman–Crippen MR) is 87.9 cm³/mol. The van der Waals surface area contributed by atoms with E-state index in [1.165, 1.54) is 5.56 Å². The second kappa shape index (κ2) is 5.87. The molecule has 2 heteroatoms. The van der Waals surface area contributed by atoms with Gasteiger partial charge in [-0.25, -0.2) is 0 Å². The maximum atomic E-state index is 9.05. The van der Waals surface area contributed by atoms with Crippen LogP contribution in [0.15, 0.2) is 42.5 Å². The second-order valence-corrected chi connectivity index (χ2v) is 6.30. The van der Waals surface area contributed by atoms with E-state index in [2.05, 4.69) is 31.8 Å². The molecule has 0 radical (unpaired) electrons. The highest BCUT2D eigenvalue weighted by Crippen LogP contribution is 2.38. The maximum absolute atomic E-state index is 9.05. The lowest BCUT2D eigenvalue weighted by atomic mass is 9.79. The molecule has 0 atom stereocenters. The van der Waals surface area contributed by atoms with E-state index >= 15 is 0 Å². The fourth-order valence-corrected chi connectivity index (χ4v) is 2.65. The van der Waals surface area contributed by atoms with E-state index < -0.39 is 0 Å². The van der Waals surface area contributed by atoms with Crippen LogP contribution in [-0.2, 0) is 12.0 Å². The third kappa shape index (κ3) is 3.00. The first kappa shape index (κ1) is 14.7. The Bertz CT molecular complexity index is 731. The fourth-order valence-electron chi connectivity index (χ4n) is 2.65. The average Bonchev–Trinajstić information content (AvgIpc) is 2.53. The monoisotopic (exact) mass is 292 g/mol. The minimum absolute atomic E-state index is 0.0631. The van der Waals surface area contributed by atoms with Crippen molar-refractivity contribution >= 4 is 0 Å². The van der Waals surface area contributed by atoms with Crippen molar-refractivity contribution in [2.75, 3.05) is 6.61 Å². The van der Waals surface area contributed by atoms with E-state index in [1.54, 1.807) is 0 Å². The summed E-state index contributed by atoms with van der Waals surface area (Å²) < 4.78 is 5.73. The maximum Gasteiger partial charge on any atom is 0.123 e. The zero-order valence-corrected chi connectivity index (χ0v) is 13.0. The van der Waals surface area contributed by atoms with Crippen molar-refractivity contribution in [2.24, 2.45) is 0 Å². The van der Waals surface area contributed by atoms with Gasteiger partial charge < -0.3 is 9.84 Å². The first-order chi connectivity index (χ1) is 10.6. The van der Waals surface area contributed by atoms with Gasteiger partial charge in [-0.15, -0.1) is 0 Å². The van der Waals surface area contributed by atoms with Crippen LogP contribution < -0.4 is 4.74 Å². The molecule has 1 heterocycles. The van der Waals surface area contributed by atoms with Crippen LogP contribution in [0.2, 0.25) is 0 Å². The highest BCUT2D eigenvalue weighted by Gasteiger charge is 2.28. The van der Waals surface area contributed by atoms with E-state index in [0.29, 0.717) is 0 Å². The molecule has 0 aromatic heterocycles. The summed E-state index contributed by atoms with van der Waals surface area (Å²) in [7, 11) is 0. The van der Waals surface area contributed by atoms with Crippen molar-refractivity contribution < 1.29 is 9.84 Å². The summed E-state index contributed by atoms with van der Waals surface area (Å²) in [5, 5.41) is 9.05. The summed E-state index contributed by atoms with van der Waals surface area (Å²) >= 11 is 0. The van der Waals surface area contributed by atoms with E-state index in [4.69, 9.17) is 9.84 Å². The Morgan fingerprint density at radius 2 is 1.73 bits per heavy atom. The van der Waals surface area contributed by atoms with Crippen molar-refractivity contribution in [1.82, 2.24) is 0 Å². The molecule has 0 unspecified atom stereocenters. The molecule has 112 valence electrons. The van der Waals surface area contributed by atoms with Crippen LogP contribution in [0.3, 0.4) is 0 Å². The van der Waals surface area contributed by atoms with Gasteiger partial charge in [-0.2, -0.15) is 0 Å². The highest BCUT2D eigenvalue weighted by atomic mass is 16.5. The van der Waals surface area contributed by atoms with E-state index in [-0.39, 0.29) is 12.0 Å². The first-order valence-corrected chi connectivity index (χ1v) is 7.58. The van der Waals surface area contributed by atoms with Gasteiger partial charge in [-0.05, 0) is 47.7 Å². The Morgan fingerprint density at radius 1 is 1.05 bits per heavy atom. The Morgan fingerprint density at radius 3 is 2.45 bits per heavy atom. The van der Waals surface area contributed by atoms with E-state index in [9.17, 15) is 0 Å². The molecule has 1 N–H and O–H groups in total. The highest BCUT2D eigenvalue weighted by molar-refractivity contribution is 5.50. The number of fused-ring (bicyclic) bond motifs is 1. The number of rotatable bonds is 1. The van der Waals surface area contributed by atoms with Gasteiger partial charge in [0.1, 0.15) is 5.75 Å². The number of aliphatic hydroxyl groups excluding tert-OH is 1. The lowest BCUT2D eigenvalue weighted by molar-refractivity contribution is 0.234. The largest absolute Gasteiger partial charge is 0.493 e. The summed E-state index contributed by atoms with van der Waals surface area (Å²) in [6, 6.07) is 13.8. The van der Waals surface area contributed by atoms with Crippen LogP contribution in [-0.4, -0.2) is 11.7 Å². The van der Waals surface area contributed by atoms with Crippen LogP contribution in [0.25, 0.3) is 0 Å². The molecule has 0 aliphatic carbocycles. The van der Waals surface area contributed by atoms with Crippen LogP contribution in [0.5, 0.6) is 5.75 Å². The average molecular weight is 292 g/mol. The molecule has 3 rings (SSSR count). The van der Waals surface area contributed by atoms with Crippen LogP contribution in [0.4, 0.5) is 0 Å². The molecule has 0 bridgehead atoms. The Hall–Kier alpha value is -2.24. The van der Waals surface area contributed by atoms with Crippen LogP contribution in [0, 0.1) is 11.8 Å². The minimum atomic E-state index is 0.0631. The quantitative estimate of drug-likeness (QED) is 0.813. The molecule has 0 saturated heterocycles. The fraction of sp³-hybridized carbons (Fsp3) is 0.300. The zero-order chi connectivity index (χ0) is 15.6. The normalized spacial score (nSPS) is 15.2. The van der Waals surface area contributed by atoms with Gasteiger partial charge >= 0.3 is 0 Å². The summed E-state index contributed by atoms with van der Waals surface area (Å²) in [5.74, 6) is 7.37. The summed E-state index contributed by atoms with van der Waals surface area (Å²) in [6.07, 6.45) is 1.03. The molecule has 1 aliphatic rings. The standard InChI is InChI=1S/C20H20O2/c1-20(2)11-12-22-19-10-9-16(13-18(19)20)6-3-15-4-7-17(14-21)8-5-15/h4-5,7-10,13,21H,11-12,14H2,1-2H3. The molecule has 0 saturated carbocycles. The van der Waals surface area contributed by atoms with Gasteiger partial charge in [0.2, 0.25) is 0 Å². The van der Waals surface area contributed by atoms with E-state index in [0.717, 1.165) is 35.5 Å². The summed E-state index contributed by atoms with van der Waals surface area (Å²) in [4.78, 5) is 0. The number of ether oxygens (including phenoxy) is 1. The zero-order valence-electron chi connectivity index (χ0n) is 13.0. The number of hydrogen-bond acceptors (Lipinski definition) is 2. The smallest absolute Gasteiger partial charge is 0.123 e.